The van der Waals surface area contributed by atoms with Crippen molar-refractivity contribution >= 4 is 21.9 Å². The molecule has 0 saturated heterocycles. The van der Waals surface area contributed by atoms with E-state index in [2.05, 4.69) is 176 Å². The number of para-hydroxylation sites is 2. The van der Waals surface area contributed by atoms with Crippen LogP contribution in [-0.4, -0.2) is 9.97 Å². The minimum atomic E-state index is -0.579. The third-order valence-electron chi connectivity index (χ3n) is 11.4. The van der Waals surface area contributed by atoms with Crippen LogP contribution in [0.25, 0.3) is 78.1 Å². The first-order chi connectivity index (χ1) is 27.8. The Morgan fingerprint density at radius 2 is 0.929 bits per heavy atom. The van der Waals surface area contributed by atoms with Gasteiger partial charge in [-0.25, -0.2) is 9.97 Å². The van der Waals surface area contributed by atoms with Gasteiger partial charge in [-0.3, -0.25) is 0 Å². The molecule has 3 nitrogen and oxygen atoms in total. The summed E-state index contributed by atoms with van der Waals surface area (Å²) in [5, 5.41) is 2.19. The number of hydrogen-bond donors (Lipinski definition) is 0. The van der Waals surface area contributed by atoms with Crippen molar-refractivity contribution in [1.82, 2.24) is 9.97 Å². The molecule has 262 valence electrons. The van der Waals surface area contributed by atoms with Crippen LogP contribution in [-0.2, 0) is 5.41 Å². The van der Waals surface area contributed by atoms with E-state index in [4.69, 9.17) is 14.4 Å². The number of nitrogens with zero attached hydrogens (tertiary/aromatic N) is 2. The van der Waals surface area contributed by atoms with Crippen LogP contribution in [0.15, 0.2) is 211 Å². The van der Waals surface area contributed by atoms with Crippen molar-refractivity contribution in [3.63, 3.8) is 0 Å². The molecule has 1 aliphatic rings. The maximum Gasteiger partial charge on any atom is 0.160 e. The normalized spacial score (nSPS) is 12.8. The third kappa shape index (κ3) is 4.91. The molecule has 56 heavy (non-hydrogen) atoms. The van der Waals surface area contributed by atoms with E-state index in [1.165, 1.54) is 33.4 Å². The summed E-state index contributed by atoms with van der Waals surface area (Å²) < 4.78 is 6.75. The van der Waals surface area contributed by atoms with Crippen molar-refractivity contribution in [3.05, 3.63) is 229 Å². The lowest BCUT2D eigenvalue weighted by atomic mass is 9.67. The fourth-order valence-electron chi connectivity index (χ4n) is 8.94. The van der Waals surface area contributed by atoms with Crippen LogP contribution in [0, 0.1) is 0 Å². The Morgan fingerprint density at radius 1 is 0.357 bits per heavy atom. The molecule has 0 atom stereocenters. The summed E-state index contributed by atoms with van der Waals surface area (Å²) in [6.07, 6.45) is 0. The fraction of sp³-hybridized carbons (Fsp3) is 0.0189. The predicted octanol–water partition coefficient (Wildman–Crippen LogP) is 13.4. The topological polar surface area (TPSA) is 38.9 Å². The number of rotatable bonds is 6. The predicted molar refractivity (Wildman–Crippen MR) is 228 cm³/mol. The molecule has 0 spiro atoms. The second-order valence-corrected chi connectivity index (χ2v) is 14.4. The van der Waals surface area contributed by atoms with Gasteiger partial charge in [-0.1, -0.05) is 182 Å². The van der Waals surface area contributed by atoms with Gasteiger partial charge in [0.15, 0.2) is 5.82 Å². The van der Waals surface area contributed by atoms with Crippen LogP contribution >= 0.6 is 0 Å². The molecular weight excluding hydrogens is 681 g/mol. The molecule has 0 radical (unpaired) electrons. The zero-order chi connectivity index (χ0) is 37.1. The molecule has 0 fully saturated rings. The van der Waals surface area contributed by atoms with Crippen molar-refractivity contribution in [2.24, 2.45) is 0 Å². The summed E-state index contributed by atoms with van der Waals surface area (Å²) >= 11 is 0. The van der Waals surface area contributed by atoms with Gasteiger partial charge in [0, 0.05) is 33.0 Å². The molecule has 0 bridgehead atoms. The van der Waals surface area contributed by atoms with Crippen LogP contribution in [0.3, 0.4) is 0 Å². The SMILES string of the molecule is c1ccc(-c2cc(-c3cc4c(cc3-c3cccc5c3oc3ccccc35)-c3ccccc3C4(c3ccccc3)c3ccccc3)nc(-c3ccccc3)n2)cc1. The standard InChI is InChI=1S/C53H34N2O/c1-5-18-35(19-6-1)48-34-49(55-52(54-48)36-20-7-2-8-21-36)45-33-47-44(32-43(45)42-29-17-28-41-40-27-14-16-31-50(40)56-51(41)42)39-26-13-15-30-46(39)53(47,37-22-9-3-10-23-37)38-24-11-4-12-25-38/h1-34H. The van der Waals surface area contributed by atoms with Crippen LogP contribution < -0.4 is 0 Å². The molecule has 11 rings (SSSR count). The van der Waals surface area contributed by atoms with Crippen molar-refractivity contribution < 1.29 is 4.42 Å². The highest BCUT2D eigenvalue weighted by Gasteiger charge is 2.46. The van der Waals surface area contributed by atoms with Crippen LogP contribution in [0.2, 0.25) is 0 Å². The van der Waals surface area contributed by atoms with E-state index in [1.54, 1.807) is 0 Å². The highest BCUT2D eigenvalue weighted by atomic mass is 16.3. The van der Waals surface area contributed by atoms with Gasteiger partial charge in [0.05, 0.1) is 16.8 Å². The smallest absolute Gasteiger partial charge is 0.160 e. The minimum Gasteiger partial charge on any atom is -0.455 e. The average molecular weight is 715 g/mol. The molecule has 0 aliphatic heterocycles. The number of furan rings is 1. The van der Waals surface area contributed by atoms with Crippen LogP contribution in [0.1, 0.15) is 22.3 Å². The molecule has 0 amide bonds. The van der Waals surface area contributed by atoms with E-state index < -0.39 is 5.41 Å². The van der Waals surface area contributed by atoms with E-state index in [0.29, 0.717) is 5.82 Å². The molecule has 1 aliphatic carbocycles. The van der Waals surface area contributed by atoms with Crippen molar-refractivity contribution in [2.75, 3.05) is 0 Å². The number of benzene rings is 8. The quantitative estimate of drug-likeness (QED) is 0.172. The van der Waals surface area contributed by atoms with Crippen LogP contribution in [0.4, 0.5) is 0 Å². The van der Waals surface area contributed by atoms with E-state index >= 15 is 0 Å². The maximum absolute atomic E-state index is 6.75. The average Bonchev–Trinajstić information content (AvgIpc) is 3.81. The van der Waals surface area contributed by atoms with Gasteiger partial charge >= 0.3 is 0 Å². The second kappa shape index (κ2) is 12.9. The molecule has 3 heteroatoms. The van der Waals surface area contributed by atoms with Gasteiger partial charge in [-0.15, -0.1) is 0 Å². The highest BCUT2D eigenvalue weighted by molar-refractivity contribution is 6.11. The van der Waals surface area contributed by atoms with E-state index in [1.807, 2.05) is 30.3 Å². The summed E-state index contributed by atoms with van der Waals surface area (Å²) in [7, 11) is 0. The Kier molecular flexibility index (Phi) is 7.39. The van der Waals surface area contributed by atoms with Crippen molar-refractivity contribution in [3.8, 4) is 56.2 Å². The lowest BCUT2D eigenvalue weighted by molar-refractivity contribution is 0.670. The first-order valence-corrected chi connectivity index (χ1v) is 19.1. The molecule has 8 aromatic carbocycles. The number of fused-ring (bicyclic) bond motifs is 6. The van der Waals surface area contributed by atoms with E-state index in [9.17, 15) is 0 Å². The zero-order valence-electron chi connectivity index (χ0n) is 30.4. The lowest BCUT2D eigenvalue weighted by Gasteiger charge is -2.34. The summed E-state index contributed by atoms with van der Waals surface area (Å²) in [5.41, 5.74) is 15.3. The molecule has 0 N–H and O–H groups in total. The van der Waals surface area contributed by atoms with Gasteiger partial charge in [-0.05, 0) is 63.2 Å². The molecule has 0 saturated carbocycles. The summed E-state index contributed by atoms with van der Waals surface area (Å²) in [6.45, 7) is 0. The fourth-order valence-corrected chi connectivity index (χ4v) is 8.94. The first kappa shape index (κ1) is 32.1. The van der Waals surface area contributed by atoms with E-state index in [0.717, 1.165) is 61.1 Å². The van der Waals surface area contributed by atoms with Crippen LogP contribution in [0.5, 0.6) is 0 Å². The third-order valence-corrected chi connectivity index (χ3v) is 11.4. The maximum atomic E-state index is 6.75. The lowest BCUT2D eigenvalue weighted by Crippen LogP contribution is -2.28. The largest absolute Gasteiger partial charge is 0.455 e. The van der Waals surface area contributed by atoms with Gasteiger partial charge < -0.3 is 4.42 Å². The Labute approximate surface area is 325 Å². The molecular formula is C53H34N2O. The minimum absolute atomic E-state index is 0.579. The number of hydrogen-bond acceptors (Lipinski definition) is 3. The zero-order valence-corrected chi connectivity index (χ0v) is 30.4. The summed E-state index contributed by atoms with van der Waals surface area (Å²) in [5.74, 6) is 0.677. The van der Waals surface area contributed by atoms with E-state index in [-0.39, 0.29) is 0 Å². The first-order valence-electron chi connectivity index (χ1n) is 19.1. The van der Waals surface area contributed by atoms with Gasteiger partial charge in [0.1, 0.15) is 11.2 Å². The Balaban J connectivity index is 1.29. The molecule has 2 heterocycles. The van der Waals surface area contributed by atoms with Gasteiger partial charge in [0.25, 0.3) is 0 Å². The summed E-state index contributed by atoms with van der Waals surface area (Å²) in [4.78, 5) is 10.6. The van der Waals surface area contributed by atoms with Crippen molar-refractivity contribution in [1.29, 1.82) is 0 Å². The summed E-state index contributed by atoms with van der Waals surface area (Å²) in [6, 6.07) is 73.3. The molecule has 0 unspecified atom stereocenters. The van der Waals surface area contributed by atoms with Gasteiger partial charge in [-0.2, -0.15) is 0 Å². The Morgan fingerprint density at radius 3 is 1.66 bits per heavy atom. The Hall–Kier alpha value is -7.36. The molecule has 2 aromatic heterocycles. The monoisotopic (exact) mass is 714 g/mol. The second-order valence-electron chi connectivity index (χ2n) is 14.4. The number of aromatic nitrogens is 2. The van der Waals surface area contributed by atoms with Gasteiger partial charge in [0.2, 0.25) is 0 Å². The Bertz CT molecular complexity index is 2960. The van der Waals surface area contributed by atoms with Crippen molar-refractivity contribution in [2.45, 2.75) is 5.41 Å². The highest BCUT2D eigenvalue weighted by Crippen LogP contribution is 2.58. The molecule has 10 aromatic rings.